The van der Waals surface area contributed by atoms with E-state index < -0.39 is 0 Å². The summed E-state index contributed by atoms with van der Waals surface area (Å²) in [6, 6.07) is 10.6. The van der Waals surface area contributed by atoms with Crippen molar-refractivity contribution in [3.05, 3.63) is 35.9 Å². The Morgan fingerprint density at radius 2 is 1.72 bits per heavy atom. The van der Waals surface area contributed by atoms with Gasteiger partial charge in [0.2, 0.25) is 0 Å². The van der Waals surface area contributed by atoms with Crippen LogP contribution in [-0.2, 0) is 15.9 Å². The Labute approximate surface area is 110 Å². The summed E-state index contributed by atoms with van der Waals surface area (Å²) in [5.74, 6) is 0. The number of hydrogen-bond acceptors (Lipinski definition) is 2. The highest BCUT2D eigenvalue weighted by molar-refractivity contribution is 5.14. The van der Waals surface area contributed by atoms with E-state index in [-0.39, 0.29) is 0 Å². The summed E-state index contributed by atoms with van der Waals surface area (Å²) in [6.45, 7) is 2.34. The molecule has 1 fully saturated rings. The third kappa shape index (κ3) is 5.19. The summed E-state index contributed by atoms with van der Waals surface area (Å²) in [5, 5.41) is 0. The van der Waals surface area contributed by atoms with Crippen LogP contribution in [0.1, 0.15) is 37.7 Å². The van der Waals surface area contributed by atoms with Gasteiger partial charge in [-0.2, -0.15) is 0 Å². The zero-order valence-electron chi connectivity index (χ0n) is 11.1. The van der Waals surface area contributed by atoms with Gasteiger partial charge in [0.05, 0.1) is 19.3 Å². The number of rotatable bonds is 8. The van der Waals surface area contributed by atoms with Crippen molar-refractivity contribution in [2.45, 2.75) is 44.6 Å². The van der Waals surface area contributed by atoms with Gasteiger partial charge in [0.15, 0.2) is 0 Å². The molecule has 0 amide bonds. The van der Waals surface area contributed by atoms with Crippen LogP contribution in [0.4, 0.5) is 0 Å². The van der Waals surface area contributed by atoms with Gasteiger partial charge in [-0.3, -0.25) is 0 Å². The van der Waals surface area contributed by atoms with Crippen molar-refractivity contribution in [1.29, 1.82) is 0 Å². The number of benzene rings is 1. The molecular formula is C16H24O2. The van der Waals surface area contributed by atoms with Gasteiger partial charge >= 0.3 is 0 Å². The number of hydrogen-bond donors (Lipinski definition) is 0. The van der Waals surface area contributed by atoms with Crippen LogP contribution in [0.5, 0.6) is 0 Å². The molecule has 0 bridgehead atoms. The summed E-state index contributed by atoms with van der Waals surface area (Å²) >= 11 is 0. The summed E-state index contributed by atoms with van der Waals surface area (Å²) in [4.78, 5) is 0. The molecule has 0 aliphatic heterocycles. The van der Waals surface area contributed by atoms with E-state index in [1.165, 1.54) is 31.2 Å². The van der Waals surface area contributed by atoms with E-state index in [0.29, 0.717) is 6.10 Å². The fourth-order valence-corrected chi connectivity index (χ4v) is 2.45. The maximum Gasteiger partial charge on any atom is 0.0704 e. The van der Waals surface area contributed by atoms with Crippen molar-refractivity contribution in [3.8, 4) is 0 Å². The van der Waals surface area contributed by atoms with Gasteiger partial charge in [0.1, 0.15) is 0 Å². The summed E-state index contributed by atoms with van der Waals surface area (Å²) < 4.78 is 11.3. The first kappa shape index (κ1) is 13.6. The minimum Gasteiger partial charge on any atom is -0.379 e. The molecule has 0 heterocycles. The second-order valence-corrected chi connectivity index (χ2v) is 4.98. The Kier molecular flexibility index (Phi) is 6.24. The van der Waals surface area contributed by atoms with Gasteiger partial charge in [-0.15, -0.1) is 0 Å². The summed E-state index contributed by atoms with van der Waals surface area (Å²) in [6.07, 6.45) is 7.86. The predicted octanol–water partition coefficient (Wildman–Crippen LogP) is 3.60. The number of aryl methyl sites for hydroxylation is 1. The van der Waals surface area contributed by atoms with E-state index in [1.54, 1.807) is 0 Å². The molecule has 0 unspecified atom stereocenters. The minimum absolute atomic E-state index is 0.512. The Hall–Kier alpha value is -0.860. The molecule has 2 rings (SSSR count). The molecule has 0 saturated heterocycles. The van der Waals surface area contributed by atoms with Gasteiger partial charge < -0.3 is 9.47 Å². The van der Waals surface area contributed by atoms with E-state index in [4.69, 9.17) is 9.47 Å². The van der Waals surface area contributed by atoms with Crippen LogP contribution in [0, 0.1) is 0 Å². The maximum atomic E-state index is 5.74. The molecule has 18 heavy (non-hydrogen) atoms. The average molecular weight is 248 g/mol. The summed E-state index contributed by atoms with van der Waals surface area (Å²) in [7, 11) is 0. The lowest BCUT2D eigenvalue weighted by molar-refractivity contribution is 0.00754. The van der Waals surface area contributed by atoms with E-state index in [9.17, 15) is 0 Å². The van der Waals surface area contributed by atoms with E-state index in [2.05, 4.69) is 30.3 Å². The third-order valence-corrected chi connectivity index (χ3v) is 3.48. The highest BCUT2D eigenvalue weighted by atomic mass is 16.5. The van der Waals surface area contributed by atoms with Crippen molar-refractivity contribution < 1.29 is 9.47 Å². The minimum atomic E-state index is 0.512. The first-order chi connectivity index (χ1) is 8.95. The standard InChI is InChI=1S/C16H24O2/c1-2-7-15(8-3-1)9-6-12-17-13-14-18-16-10-4-5-11-16/h1-3,7-8,16H,4-6,9-14H2. The lowest BCUT2D eigenvalue weighted by Crippen LogP contribution is -2.13. The SMILES string of the molecule is c1ccc(CCCOCCOC2CCCC2)cc1. The van der Waals surface area contributed by atoms with E-state index in [0.717, 1.165) is 32.7 Å². The lowest BCUT2D eigenvalue weighted by Gasteiger charge is -2.11. The molecule has 0 aromatic heterocycles. The maximum absolute atomic E-state index is 5.74. The van der Waals surface area contributed by atoms with Gasteiger partial charge in [0, 0.05) is 6.61 Å². The quantitative estimate of drug-likeness (QED) is 0.654. The highest BCUT2D eigenvalue weighted by Gasteiger charge is 2.14. The van der Waals surface area contributed by atoms with Crippen molar-refractivity contribution in [3.63, 3.8) is 0 Å². The highest BCUT2D eigenvalue weighted by Crippen LogP contribution is 2.20. The molecule has 1 aliphatic carbocycles. The molecule has 2 nitrogen and oxygen atoms in total. The average Bonchev–Trinajstić information content (AvgIpc) is 2.92. The zero-order chi connectivity index (χ0) is 12.5. The Morgan fingerprint density at radius 1 is 0.944 bits per heavy atom. The zero-order valence-corrected chi connectivity index (χ0v) is 11.1. The largest absolute Gasteiger partial charge is 0.379 e. The van der Waals surface area contributed by atoms with E-state index >= 15 is 0 Å². The normalized spacial score (nSPS) is 16.2. The Balaban J connectivity index is 1.42. The van der Waals surface area contributed by atoms with Crippen molar-refractivity contribution >= 4 is 0 Å². The van der Waals surface area contributed by atoms with Crippen LogP contribution in [-0.4, -0.2) is 25.9 Å². The smallest absolute Gasteiger partial charge is 0.0704 e. The van der Waals surface area contributed by atoms with E-state index in [1.807, 2.05) is 0 Å². The molecule has 1 aliphatic rings. The van der Waals surface area contributed by atoms with Gasteiger partial charge in [-0.05, 0) is 31.2 Å². The molecular weight excluding hydrogens is 224 g/mol. The molecule has 1 saturated carbocycles. The first-order valence-corrected chi connectivity index (χ1v) is 7.18. The second kappa shape index (κ2) is 8.28. The molecule has 100 valence electrons. The van der Waals surface area contributed by atoms with Gasteiger partial charge in [-0.25, -0.2) is 0 Å². The molecule has 0 N–H and O–H groups in total. The summed E-state index contributed by atoms with van der Waals surface area (Å²) in [5.41, 5.74) is 1.39. The van der Waals surface area contributed by atoms with Gasteiger partial charge in [0.25, 0.3) is 0 Å². The molecule has 0 radical (unpaired) electrons. The van der Waals surface area contributed by atoms with Crippen LogP contribution in [0.3, 0.4) is 0 Å². The van der Waals surface area contributed by atoms with Crippen LogP contribution in [0.2, 0.25) is 0 Å². The van der Waals surface area contributed by atoms with Crippen LogP contribution < -0.4 is 0 Å². The third-order valence-electron chi connectivity index (χ3n) is 3.48. The topological polar surface area (TPSA) is 18.5 Å². The molecule has 1 aromatic carbocycles. The van der Waals surface area contributed by atoms with Crippen molar-refractivity contribution in [2.24, 2.45) is 0 Å². The molecule has 1 aromatic rings. The monoisotopic (exact) mass is 248 g/mol. The first-order valence-electron chi connectivity index (χ1n) is 7.18. The molecule has 0 spiro atoms. The number of ether oxygens (including phenoxy) is 2. The van der Waals surface area contributed by atoms with Crippen molar-refractivity contribution in [1.82, 2.24) is 0 Å². The molecule has 0 atom stereocenters. The fourth-order valence-electron chi connectivity index (χ4n) is 2.45. The van der Waals surface area contributed by atoms with Crippen LogP contribution in [0.15, 0.2) is 30.3 Å². The van der Waals surface area contributed by atoms with Crippen molar-refractivity contribution in [2.75, 3.05) is 19.8 Å². The van der Waals surface area contributed by atoms with Crippen LogP contribution >= 0.6 is 0 Å². The fraction of sp³-hybridized carbons (Fsp3) is 0.625. The predicted molar refractivity (Wildman–Crippen MR) is 73.8 cm³/mol. The second-order valence-electron chi connectivity index (χ2n) is 4.98. The van der Waals surface area contributed by atoms with Gasteiger partial charge in [-0.1, -0.05) is 43.2 Å². The molecule has 2 heteroatoms. The Morgan fingerprint density at radius 3 is 2.50 bits per heavy atom. The Bertz CT molecular complexity index is 304. The lowest BCUT2D eigenvalue weighted by atomic mass is 10.1. The van der Waals surface area contributed by atoms with Crippen LogP contribution in [0.25, 0.3) is 0 Å².